The maximum absolute atomic E-state index is 13.3. The maximum Gasteiger partial charge on any atom is 0.228 e. The Kier molecular flexibility index (Phi) is 4.43. The van der Waals surface area contributed by atoms with Gasteiger partial charge in [0.15, 0.2) is 11.6 Å². The molecule has 5 rings (SSSR count). The van der Waals surface area contributed by atoms with Gasteiger partial charge < -0.3 is 5.32 Å². The van der Waals surface area contributed by atoms with Gasteiger partial charge in [-0.25, -0.2) is 0 Å². The van der Waals surface area contributed by atoms with Crippen LogP contribution in [0.25, 0.3) is 0 Å². The van der Waals surface area contributed by atoms with E-state index >= 15 is 0 Å². The Balaban J connectivity index is 1.48. The van der Waals surface area contributed by atoms with Crippen LogP contribution in [0.2, 0.25) is 0 Å². The third-order valence-electron chi connectivity index (χ3n) is 5.82. The molecule has 1 amide bonds. The summed E-state index contributed by atoms with van der Waals surface area (Å²) in [6.07, 6.45) is 0.835. The summed E-state index contributed by atoms with van der Waals surface area (Å²) in [5.74, 6) is -0.511. The van der Waals surface area contributed by atoms with Crippen molar-refractivity contribution in [2.75, 3.05) is 10.2 Å². The second-order valence-corrected chi connectivity index (χ2v) is 7.61. The van der Waals surface area contributed by atoms with Gasteiger partial charge in [0.1, 0.15) is 12.1 Å². The van der Waals surface area contributed by atoms with Crippen LogP contribution in [0, 0.1) is 0 Å². The number of para-hydroxylation sites is 2. The van der Waals surface area contributed by atoms with E-state index in [-0.39, 0.29) is 23.9 Å². The monoisotopic (exact) mass is 396 g/mol. The van der Waals surface area contributed by atoms with E-state index in [0.717, 1.165) is 5.56 Å². The quantitative estimate of drug-likeness (QED) is 0.727. The van der Waals surface area contributed by atoms with E-state index in [2.05, 4.69) is 5.32 Å². The first-order chi connectivity index (χ1) is 14.6. The molecule has 30 heavy (non-hydrogen) atoms. The van der Waals surface area contributed by atoms with Crippen molar-refractivity contribution in [3.05, 3.63) is 95.6 Å². The molecule has 2 atom stereocenters. The maximum atomic E-state index is 13.3. The largest absolute Gasteiger partial charge is 0.372 e. The minimum Gasteiger partial charge on any atom is -0.372 e. The van der Waals surface area contributed by atoms with Crippen LogP contribution in [0.4, 0.5) is 11.4 Å². The fraction of sp³-hybridized carbons (Fsp3) is 0.160. The number of anilines is 2. The average molecular weight is 396 g/mol. The van der Waals surface area contributed by atoms with Crippen molar-refractivity contribution in [1.82, 2.24) is 0 Å². The zero-order chi connectivity index (χ0) is 20.7. The second kappa shape index (κ2) is 7.26. The SMILES string of the molecule is O=C1c2ccccc2NC1C1C(=O)c2ccccc2N1C(=O)CCc1ccccc1. The normalized spacial score (nSPS) is 19.4. The Morgan fingerprint density at radius 1 is 0.800 bits per heavy atom. The number of aryl methyl sites for hydroxylation is 1. The fourth-order valence-electron chi connectivity index (χ4n) is 4.37. The molecule has 0 spiro atoms. The number of nitrogens with one attached hydrogen (secondary N) is 1. The number of benzene rings is 3. The molecule has 3 aromatic carbocycles. The van der Waals surface area contributed by atoms with E-state index in [1.807, 2.05) is 48.5 Å². The van der Waals surface area contributed by atoms with Crippen molar-refractivity contribution in [1.29, 1.82) is 0 Å². The van der Waals surface area contributed by atoms with Crippen LogP contribution in [0.15, 0.2) is 78.9 Å². The Hall–Kier alpha value is -3.73. The highest BCUT2D eigenvalue weighted by atomic mass is 16.2. The molecular weight excluding hydrogens is 376 g/mol. The Labute approximate surface area is 174 Å². The third-order valence-corrected chi connectivity index (χ3v) is 5.82. The van der Waals surface area contributed by atoms with Crippen LogP contribution in [0.5, 0.6) is 0 Å². The van der Waals surface area contributed by atoms with Gasteiger partial charge in [-0.1, -0.05) is 54.6 Å². The molecule has 2 heterocycles. The molecular formula is C25H20N2O3. The first kappa shape index (κ1) is 18.3. The number of hydrogen-bond acceptors (Lipinski definition) is 4. The number of carbonyl (C=O) groups excluding carboxylic acids is 3. The average Bonchev–Trinajstić information content (AvgIpc) is 3.27. The topological polar surface area (TPSA) is 66.5 Å². The molecule has 0 aromatic heterocycles. The van der Waals surface area contributed by atoms with Crippen molar-refractivity contribution >= 4 is 28.8 Å². The minimum atomic E-state index is -0.884. The number of nitrogens with zero attached hydrogens (tertiary/aromatic N) is 1. The predicted octanol–water partition coefficient (Wildman–Crippen LogP) is 3.89. The summed E-state index contributed by atoms with van der Waals surface area (Å²) >= 11 is 0. The predicted molar refractivity (Wildman–Crippen MR) is 115 cm³/mol. The summed E-state index contributed by atoms with van der Waals surface area (Å²) in [6, 6.07) is 22.4. The van der Waals surface area contributed by atoms with E-state index < -0.39 is 12.1 Å². The number of amides is 1. The van der Waals surface area contributed by atoms with Gasteiger partial charge in [0.25, 0.3) is 0 Å². The van der Waals surface area contributed by atoms with Crippen LogP contribution in [0.3, 0.4) is 0 Å². The molecule has 3 aromatic rings. The molecule has 2 aliphatic rings. The summed E-state index contributed by atoms with van der Waals surface area (Å²) in [6.45, 7) is 0. The van der Waals surface area contributed by atoms with Crippen LogP contribution in [-0.2, 0) is 11.2 Å². The van der Waals surface area contributed by atoms with Gasteiger partial charge in [0.2, 0.25) is 5.91 Å². The lowest BCUT2D eigenvalue weighted by atomic mass is 9.97. The van der Waals surface area contributed by atoms with Crippen molar-refractivity contribution in [2.24, 2.45) is 0 Å². The summed E-state index contributed by atoms with van der Waals surface area (Å²) in [5, 5.41) is 3.19. The number of carbonyl (C=O) groups is 3. The van der Waals surface area contributed by atoms with Crippen molar-refractivity contribution in [2.45, 2.75) is 24.9 Å². The van der Waals surface area contributed by atoms with Crippen molar-refractivity contribution in [3.63, 3.8) is 0 Å². The number of fused-ring (bicyclic) bond motifs is 2. The van der Waals surface area contributed by atoms with E-state index in [0.29, 0.717) is 28.9 Å². The zero-order valence-electron chi connectivity index (χ0n) is 16.2. The Bertz CT molecular complexity index is 1160. The molecule has 2 unspecified atom stereocenters. The summed E-state index contributed by atoms with van der Waals surface area (Å²) < 4.78 is 0. The van der Waals surface area contributed by atoms with E-state index in [9.17, 15) is 14.4 Å². The molecule has 2 aliphatic heterocycles. The number of Topliss-reactive ketones (excluding diaryl/α,β-unsaturated/α-hetero) is 2. The number of rotatable bonds is 4. The molecule has 0 aliphatic carbocycles. The van der Waals surface area contributed by atoms with E-state index in [1.165, 1.54) is 4.90 Å². The lowest BCUT2D eigenvalue weighted by molar-refractivity contribution is -0.118. The van der Waals surface area contributed by atoms with Crippen LogP contribution in [0.1, 0.15) is 32.7 Å². The van der Waals surface area contributed by atoms with Gasteiger partial charge in [-0.3, -0.25) is 19.3 Å². The van der Waals surface area contributed by atoms with Crippen molar-refractivity contribution in [3.8, 4) is 0 Å². The number of hydrogen-bond donors (Lipinski definition) is 1. The first-order valence-corrected chi connectivity index (χ1v) is 10.0. The summed E-state index contributed by atoms with van der Waals surface area (Å²) in [4.78, 5) is 41.2. The standard InChI is InChI=1S/C25H20N2O3/c28-21(15-14-16-8-2-1-3-9-16)27-20-13-7-5-11-18(20)25(30)23(27)22-24(29)17-10-4-6-12-19(17)26-22/h1-13,22-23,26H,14-15H2. The molecule has 0 bridgehead atoms. The summed E-state index contributed by atoms with van der Waals surface area (Å²) in [7, 11) is 0. The molecule has 0 radical (unpaired) electrons. The lowest BCUT2D eigenvalue weighted by Gasteiger charge is -2.28. The van der Waals surface area contributed by atoms with Crippen LogP contribution >= 0.6 is 0 Å². The smallest absolute Gasteiger partial charge is 0.228 e. The van der Waals surface area contributed by atoms with Gasteiger partial charge in [-0.15, -0.1) is 0 Å². The molecule has 0 fully saturated rings. The molecule has 5 nitrogen and oxygen atoms in total. The molecule has 0 saturated carbocycles. The zero-order valence-corrected chi connectivity index (χ0v) is 16.2. The Morgan fingerprint density at radius 2 is 1.47 bits per heavy atom. The Morgan fingerprint density at radius 3 is 2.23 bits per heavy atom. The van der Waals surface area contributed by atoms with Gasteiger partial charge in [0.05, 0.1) is 5.69 Å². The highest BCUT2D eigenvalue weighted by Gasteiger charge is 2.49. The van der Waals surface area contributed by atoms with Gasteiger partial charge in [-0.2, -0.15) is 0 Å². The molecule has 5 heteroatoms. The molecule has 1 N–H and O–H groups in total. The minimum absolute atomic E-state index is 0.155. The van der Waals surface area contributed by atoms with Gasteiger partial charge in [-0.05, 0) is 36.2 Å². The summed E-state index contributed by atoms with van der Waals surface area (Å²) in [5.41, 5.74) is 3.39. The van der Waals surface area contributed by atoms with Crippen molar-refractivity contribution < 1.29 is 14.4 Å². The third kappa shape index (κ3) is 2.90. The van der Waals surface area contributed by atoms with Gasteiger partial charge >= 0.3 is 0 Å². The van der Waals surface area contributed by atoms with E-state index in [1.54, 1.807) is 30.3 Å². The highest BCUT2D eigenvalue weighted by molar-refractivity contribution is 6.23. The highest BCUT2D eigenvalue weighted by Crippen LogP contribution is 2.38. The number of ketones is 2. The fourth-order valence-corrected chi connectivity index (χ4v) is 4.37. The second-order valence-electron chi connectivity index (χ2n) is 7.61. The van der Waals surface area contributed by atoms with Gasteiger partial charge in [0, 0.05) is 23.2 Å². The lowest BCUT2D eigenvalue weighted by Crippen LogP contribution is -2.52. The van der Waals surface area contributed by atoms with Crippen LogP contribution < -0.4 is 10.2 Å². The molecule has 148 valence electrons. The van der Waals surface area contributed by atoms with Crippen LogP contribution in [-0.4, -0.2) is 29.6 Å². The molecule has 0 saturated heterocycles. The van der Waals surface area contributed by atoms with E-state index in [4.69, 9.17) is 0 Å². The first-order valence-electron chi connectivity index (χ1n) is 10.0.